The predicted molar refractivity (Wildman–Crippen MR) is 43.3 cm³/mol. The molecule has 0 aromatic carbocycles. The number of nitrogens with zero attached hydrogens (tertiary/aromatic N) is 1. The summed E-state index contributed by atoms with van der Waals surface area (Å²) in [5, 5.41) is 9.00. The quantitative estimate of drug-likeness (QED) is 0.638. The molecule has 0 aromatic rings. The van der Waals surface area contributed by atoms with E-state index in [0.29, 0.717) is 19.8 Å². The number of aliphatic hydroxyl groups is 1. The molecule has 2 atom stereocenters. The third-order valence-corrected chi connectivity index (χ3v) is 2.51. The number of aliphatic hydroxyl groups excluding tert-OH is 1. The normalized spacial score (nSPS) is 33.9. The Morgan fingerprint density at radius 1 is 1.54 bits per heavy atom. The molecule has 5 nitrogen and oxygen atoms in total. The van der Waals surface area contributed by atoms with Crippen molar-refractivity contribution in [2.45, 2.75) is 18.5 Å². The highest BCUT2D eigenvalue weighted by Crippen LogP contribution is 2.21. The smallest absolute Gasteiger partial charge is 0.410 e. The minimum atomic E-state index is -0.324. The van der Waals surface area contributed by atoms with Crippen LogP contribution in [0, 0.1) is 0 Å². The number of cyclic esters (lactones) is 1. The molecule has 0 bridgehead atoms. The first-order valence-corrected chi connectivity index (χ1v) is 4.46. The van der Waals surface area contributed by atoms with E-state index in [2.05, 4.69) is 0 Å². The van der Waals surface area contributed by atoms with Gasteiger partial charge < -0.3 is 14.6 Å². The maximum atomic E-state index is 11.3. The first-order valence-electron chi connectivity index (χ1n) is 4.46. The van der Waals surface area contributed by atoms with Gasteiger partial charge in [-0.2, -0.15) is 0 Å². The second-order valence-corrected chi connectivity index (χ2v) is 3.34. The van der Waals surface area contributed by atoms with Crippen LogP contribution in [0.2, 0.25) is 0 Å². The van der Waals surface area contributed by atoms with Gasteiger partial charge in [0.1, 0.15) is 6.61 Å². The fourth-order valence-electron chi connectivity index (χ4n) is 1.80. The van der Waals surface area contributed by atoms with Gasteiger partial charge in [0.05, 0.1) is 25.3 Å². The molecule has 2 aliphatic heterocycles. The van der Waals surface area contributed by atoms with Gasteiger partial charge in [0, 0.05) is 6.61 Å². The second-order valence-electron chi connectivity index (χ2n) is 3.34. The van der Waals surface area contributed by atoms with E-state index >= 15 is 0 Å². The van der Waals surface area contributed by atoms with Crippen molar-refractivity contribution in [1.29, 1.82) is 0 Å². The van der Waals surface area contributed by atoms with Crippen molar-refractivity contribution in [1.82, 2.24) is 4.90 Å². The molecule has 2 fully saturated rings. The van der Waals surface area contributed by atoms with Gasteiger partial charge in [0.25, 0.3) is 0 Å². The lowest BCUT2D eigenvalue weighted by molar-refractivity contribution is 0.115. The molecule has 1 N–H and O–H groups in total. The average Bonchev–Trinajstić information content (AvgIpc) is 2.72. The van der Waals surface area contributed by atoms with E-state index in [1.807, 2.05) is 0 Å². The zero-order chi connectivity index (χ0) is 9.26. The average molecular weight is 187 g/mol. The molecule has 5 heteroatoms. The summed E-state index contributed by atoms with van der Waals surface area (Å²) in [5.41, 5.74) is 0. The fourth-order valence-corrected chi connectivity index (χ4v) is 1.80. The van der Waals surface area contributed by atoms with Crippen molar-refractivity contribution >= 4 is 6.09 Å². The van der Waals surface area contributed by atoms with E-state index in [4.69, 9.17) is 14.6 Å². The van der Waals surface area contributed by atoms with Gasteiger partial charge in [-0.15, -0.1) is 0 Å². The number of amides is 1. The summed E-state index contributed by atoms with van der Waals surface area (Å²) in [5.74, 6) is 0. The maximum absolute atomic E-state index is 11.3. The van der Waals surface area contributed by atoms with Crippen LogP contribution in [0.4, 0.5) is 4.79 Å². The Bertz CT molecular complexity index is 202. The standard InChI is InChI=1S/C8H13NO4/c10-3-7-5-13-8(11)9(7)6-1-2-12-4-6/h6-7,10H,1-5H2. The molecule has 2 aliphatic rings. The Morgan fingerprint density at radius 3 is 3.00 bits per heavy atom. The van der Waals surface area contributed by atoms with Crippen LogP contribution in [0.5, 0.6) is 0 Å². The molecule has 0 spiro atoms. The SMILES string of the molecule is O=C1OCC(CO)N1C1CCOC1. The van der Waals surface area contributed by atoms with Gasteiger partial charge in [-0.25, -0.2) is 4.79 Å². The Kier molecular flexibility index (Phi) is 2.37. The lowest BCUT2D eigenvalue weighted by atomic mass is 10.2. The molecule has 2 saturated heterocycles. The predicted octanol–water partition coefficient (Wildman–Crippen LogP) is -0.412. The molecule has 2 unspecified atom stereocenters. The maximum Gasteiger partial charge on any atom is 0.410 e. The molecule has 74 valence electrons. The summed E-state index contributed by atoms with van der Waals surface area (Å²) in [6, 6.07) is -0.0913. The highest BCUT2D eigenvalue weighted by molar-refractivity contribution is 5.70. The van der Waals surface area contributed by atoms with Crippen LogP contribution in [0.15, 0.2) is 0 Å². The number of hydrogen-bond donors (Lipinski definition) is 1. The molecule has 0 radical (unpaired) electrons. The molecule has 0 aromatic heterocycles. The second kappa shape index (κ2) is 3.51. The number of rotatable bonds is 2. The van der Waals surface area contributed by atoms with E-state index < -0.39 is 0 Å². The van der Waals surface area contributed by atoms with Crippen LogP contribution >= 0.6 is 0 Å². The molecular formula is C8H13NO4. The first-order chi connectivity index (χ1) is 6.33. The number of ether oxygens (including phenoxy) is 2. The van der Waals surface area contributed by atoms with Crippen molar-refractivity contribution in [3.05, 3.63) is 0 Å². The van der Waals surface area contributed by atoms with E-state index in [9.17, 15) is 4.79 Å². The third kappa shape index (κ3) is 1.49. The summed E-state index contributed by atoms with van der Waals surface area (Å²) in [7, 11) is 0. The molecular weight excluding hydrogens is 174 g/mol. The highest BCUT2D eigenvalue weighted by atomic mass is 16.6. The van der Waals surface area contributed by atoms with Crippen LogP contribution in [0.1, 0.15) is 6.42 Å². The Balaban J connectivity index is 2.04. The molecule has 0 saturated carbocycles. The fraction of sp³-hybridized carbons (Fsp3) is 0.875. The number of carbonyl (C=O) groups is 1. The molecule has 13 heavy (non-hydrogen) atoms. The monoisotopic (exact) mass is 187 g/mol. The van der Waals surface area contributed by atoms with Gasteiger partial charge >= 0.3 is 6.09 Å². The number of hydrogen-bond acceptors (Lipinski definition) is 4. The zero-order valence-corrected chi connectivity index (χ0v) is 7.31. The molecule has 2 heterocycles. The lowest BCUT2D eigenvalue weighted by Gasteiger charge is -2.24. The molecule has 0 aliphatic carbocycles. The van der Waals surface area contributed by atoms with Crippen molar-refractivity contribution in [2.24, 2.45) is 0 Å². The van der Waals surface area contributed by atoms with Crippen LogP contribution < -0.4 is 0 Å². The van der Waals surface area contributed by atoms with E-state index in [1.54, 1.807) is 4.90 Å². The molecule has 2 rings (SSSR count). The Labute approximate surface area is 76.2 Å². The van der Waals surface area contributed by atoms with Crippen LogP contribution in [-0.4, -0.2) is 54.6 Å². The van der Waals surface area contributed by atoms with Crippen LogP contribution in [0.3, 0.4) is 0 Å². The van der Waals surface area contributed by atoms with Gasteiger partial charge in [-0.1, -0.05) is 0 Å². The van der Waals surface area contributed by atoms with Gasteiger partial charge in [-0.05, 0) is 6.42 Å². The Hall–Kier alpha value is -0.810. The molecule has 1 amide bonds. The van der Waals surface area contributed by atoms with Crippen molar-refractivity contribution in [2.75, 3.05) is 26.4 Å². The zero-order valence-electron chi connectivity index (χ0n) is 7.31. The van der Waals surface area contributed by atoms with Crippen molar-refractivity contribution in [3.63, 3.8) is 0 Å². The van der Waals surface area contributed by atoms with Crippen molar-refractivity contribution in [3.8, 4) is 0 Å². The lowest BCUT2D eigenvalue weighted by Crippen LogP contribution is -2.44. The van der Waals surface area contributed by atoms with Crippen molar-refractivity contribution < 1.29 is 19.4 Å². The summed E-state index contributed by atoms with van der Waals surface area (Å²) >= 11 is 0. The number of carbonyl (C=O) groups excluding carboxylic acids is 1. The van der Waals surface area contributed by atoms with E-state index in [0.717, 1.165) is 6.42 Å². The summed E-state index contributed by atoms with van der Waals surface area (Å²) in [4.78, 5) is 12.9. The summed E-state index contributed by atoms with van der Waals surface area (Å²) in [6.07, 6.45) is 0.514. The largest absolute Gasteiger partial charge is 0.447 e. The Morgan fingerprint density at radius 2 is 2.38 bits per heavy atom. The summed E-state index contributed by atoms with van der Waals surface area (Å²) < 4.78 is 10.0. The van der Waals surface area contributed by atoms with Crippen LogP contribution in [0.25, 0.3) is 0 Å². The van der Waals surface area contributed by atoms with E-state index in [1.165, 1.54) is 0 Å². The van der Waals surface area contributed by atoms with Gasteiger partial charge in [-0.3, -0.25) is 4.90 Å². The topological polar surface area (TPSA) is 59.0 Å². The minimum Gasteiger partial charge on any atom is -0.447 e. The first kappa shape index (κ1) is 8.77. The highest BCUT2D eigenvalue weighted by Gasteiger charge is 2.39. The minimum absolute atomic E-state index is 0.0394. The summed E-state index contributed by atoms with van der Waals surface area (Å²) in [6.45, 7) is 1.51. The third-order valence-electron chi connectivity index (χ3n) is 2.51. The van der Waals surface area contributed by atoms with Gasteiger partial charge in [0.15, 0.2) is 0 Å². The van der Waals surface area contributed by atoms with Crippen LogP contribution in [-0.2, 0) is 9.47 Å². The van der Waals surface area contributed by atoms with E-state index in [-0.39, 0.29) is 24.8 Å². The van der Waals surface area contributed by atoms with Gasteiger partial charge in [0.2, 0.25) is 0 Å².